The maximum Gasteiger partial charge on any atom is 0.329 e. The summed E-state index contributed by atoms with van der Waals surface area (Å²) in [5.41, 5.74) is -1.08. The summed E-state index contributed by atoms with van der Waals surface area (Å²) in [5, 5.41) is 26.9. The molecule has 0 amide bonds. The number of halogens is 1. The first-order valence-corrected chi connectivity index (χ1v) is 7.36. The van der Waals surface area contributed by atoms with E-state index in [-0.39, 0.29) is 12.2 Å². The Morgan fingerprint density at radius 1 is 1.45 bits per heavy atom. The van der Waals surface area contributed by atoms with E-state index in [0.29, 0.717) is 0 Å². The van der Waals surface area contributed by atoms with Crippen LogP contribution in [0.25, 0.3) is 0 Å². The van der Waals surface area contributed by atoms with Crippen molar-refractivity contribution in [1.29, 1.82) is 0 Å². The van der Waals surface area contributed by atoms with Gasteiger partial charge in [-0.05, 0) is 6.92 Å². The summed E-state index contributed by atoms with van der Waals surface area (Å²) in [6.45, 7) is 1.26. The number of rotatable bonds is 3. The molecule has 1 aromatic heterocycles. The molecular weight excluding hydrogens is 308 g/mol. The molecule has 0 aliphatic carbocycles. The molecule has 2 heterocycles. The molecule has 20 heavy (non-hydrogen) atoms. The number of thioether (sulfide) groups is 1. The van der Waals surface area contributed by atoms with Crippen LogP contribution in [-0.4, -0.2) is 48.9 Å². The number of aliphatic hydroxyl groups excluding tert-OH is 3. The van der Waals surface area contributed by atoms with Gasteiger partial charge in [0, 0.05) is 6.20 Å². The topological polar surface area (TPSA) is 116 Å². The van der Waals surface area contributed by atoms with Crippen LogP contribution in [0, 0.1) is 0 Å². The SMILES string of the molecule is CC(Cl)c1cn([C@@H]2S[C@H](CO)[C@@H](O)[C@H]2O)c(=O)[nH]c1=O. The van der Waals surface area contributed by atoms with Crippen molar-refractivity contribution in [2.45, 2.75) is 35.1 Å². The minimum Gasteiger partial charge on any atom is -0.395 e. The fourth-order valence-corrected chi connectivity index (χ4v) is 3.61. The average Bonchev–Trinajstić information content (AvgIpc) is 2.66. The molecule has 4 N–H and O–H groups in total. The van der Waals surface area contributed by atoms with Crippen LogP contribution in [0.15, 0.2) is 15.8 Å². The van der Waals surface area contributed by atoms with Crippen LogP contribution in [-0.2, 0) is 0 Å². The smallest absolute Gasteiger partial charge is 0.329 e. The summed E-state index contributed by atoms with van der Waals surface area (Å²) in [6, 6.07) is 0. The van der Waals surface area contributed by atoms with Crippen molar-refractivity contribution >= 4 is 23.4 Å². The van der Waals surface area contributed by atoms with E-state index < -0.39 is 39.5 Å². The van der Waals surface area contributed by atoms with E-state index in [9.17, 15) is 19.8 Å². The van der Waals surface area contributed by atoms with Gasteiger partial charge in [-0.1, -0.05) is 0 Å². The molecule has 2 rings (SSSR count). The van der Waals surface area contributed by atoms with E-state index in [0.717, 1.165) is 16.3 Å². The van der Waals surface area contributed by atoms with Gasteiger partial charge >= 0.3 is 5.69 Å². The van der Waals surface area contributed by atoms with Gasteiger partial charge in [0.25, 0.3) is 5.56 Å². The fraction of sp³-hybridized carbons (Fsp3) is 0.636. The van der Waals surface area contributed by atoms with Crippen LogP contribution in [0.5, 0.6) is 0 Å². The van der Waals surface area contributed by atoms with Crippen LogP contribution in [0.3, 0.4) is 0 Å². The highest BCUT2D eigenvalue weighted by Gasteiger charge is 2.43. The van der Waals surface area contributed by atoms with E-state index in [1.165, 1.54) is 6.20 Å². The second kappa shape index (κ2) is 5.90. The lowest BCUT2D eigenvalue weighted by atomic mass is 10.1. The molecule has 5 atom stereocenters. The third-order valence-corrected chi connectivity index (χ3v) is 5.01. The summed E-state index contributed by atoms with van der Waals surface area (Å²) < 4.78 is 1.13. The van der Waals surface area contributed by atoms with Crippen molar-refractivity contribution in [1.82, 2.24) is 9.55 Å². The first-order chi connectivity index (χ1) is 9.36. The second-order valence-electron chi connectivity index (χ2n) is 4.60. The zero-order valence-corrected chi connectivity index (χ0v) is 12.1. The van der Waals surface area contributed by atoms with E-state index in [1.54, 1.807) is 6.92 Å². The van der Waals surface area contributed by atoms with Gasteiger partial charge in [0.2, 0.25) is 0 Å². The predicted molar refractivity (Wildman–Crippen MR) is 75.1 cm³/mol. The molecule has 112 valence electrons. The Morgan fingerprint density at radius 2 is 2.10 bits per heavy atom. The van der Waals surface area contributed by atoms with Crippen molar-refractivity contribution in [3.05, 3.63) is 32.6 Å². The molecule has 1 unspecified atom stereocenters. The highest BCUT2D eigenvalue weighted by atomic mass is 35.5. The van der Waals surface area contributed by atoms with E-state index in [4.69, 9.17) is 16.7 Å². The summed E-state index contributed by atoms with van der Waals surface area (Å²) in [5.74, 6) is 0. The standard InChI is InChI=1S/C11H15ClN2O5S/c1-4(12)5-2-14(11(19)13-9(5)18)10-8(17)7(16)6(3-15)20-10/h2,4,6-8,10,15-17H,3H2,1H3,(H,13,18,19)/t4?,6-,7-,8-,10-/m1/s1. The molecular formula is C11H15ClN2O5S. The molecule has 1 aromatic rings. The summed E-state index contributed by atoms with van der Waals surface area (Å²) in [6.07, 6.45) is -1.09. The van der Waals surface area contributed by atoms with Gasteiger partial charge in [0.1, 0.15) is 11.5 Å². The van der Waals surface area contributed by atoms with Gasteiger partial charge < -0.3 is 15.3 Å². The molecule has 1 fully saturated rings. The van der Waals surface area contributed by atoms with Crippen LogP contribution < -0.4 is 11.2 Å². The third-order valence-electron chi connectivity index (χ3n) is 3.22. The molecule has 0 spiro atoms. The maximum atomic E-state index is 11.8. The number of nitrogens with one attached hydrogen (secondary N) is 1. The molecule has 1 aliphatic heterocycles. The normalized spacial score (nSPS) is 31.4. The zero-order chi connectivity index (χ0) is 15.0. The zero-order valence-electron chi connectivity index (χ0n) is 10.6. The number of hydrogen-bond acceptors (Lipinski definition) is 6. The molecule has 7 nitrogen and oxygen atoms in total. The first-order valence-electron chi connectivity index (χ1n) is 5.98. The minimum atomic E-state index is -1.22. The molecule has 0 bridgehead atoms. The van der Waals surface area contributed by atoms with Crippen molar-refractivity contribution in [2.24, 2.45) is 0 Å². The van der Waals surface area contributed by atoms with Crippen molar-refractivity contribution in [2.75, 3.05) is 6.61 Å². The fourth-order valence-electron chi connectivity index (χ4n) is 2.08. The van der Waals surface area contributed by atoms with Crippen molar-refractivity contribution in [3.63, 3.8) is 0 Å². The van der Waals surface area contributed by atoms with Gasteiger partial charge in [0.05, 0.1) is 28.9 Å². The monoisotopic (exact) mass is 322 g/mol. The number of aromatic amines is 1. The largest absolute Gasteiger partial charge is 0.395 e. The molecule has 0 saturated carbocycles. The number of aliphatic hydroxyl groups is 3. The summed E-state index contributed by atoms with van der Waals surface area (Å²) in [4.78, 5) is 25.6. The number of aromatic nitrogens is 2. The molecule has 9 heteroatoms. The Hall–Kier alpha value is -0.800. The van der Waals surface area contributed by atoms with Gasteiger partial charge in [0.15, 0.2) is 0 Å². The molecule has 1 saturated heterocycles. The quantitative estimate of drug-likeness (QED) is 0.540. The minimum absolute atomic E-state index is 0.195. The maximum absolute atomic E-state index is 11.8. The van der Waals surface area contributed by atoms with Gasteiger partial charge in [-0.15, -0.1) is 23.4 Å². The summed E-state index contributed by atoms with van der Waals surface area (Å²) >= 11 is 6.93. The highest BCUT2D eigenvalue weighted by Crippen LogP contribution is 2.41. The van der Waals surface area contributed by atoms with Gasteiger partial charge in [-0.3, -0.25) is 14.3 Å². The number of H-pyrrole nitrogens is 1. The Balaban J connectivity index is 2.46. The Labute approximate surface area is 123 Å². The second-order valence-corrected chi connectivity index (χ2v) is 6.61. The summed E-state index contributed by atoms with van der Waals surface area (Å²) in [7, 11) is 0. The van der Waals surface area contributed by atoms with Crippen LogP contribution in [0.1, 0.15) is 23.2 Å². The highest BCUT2D eigenvalue weighted by molar-refractivity contribution is 8.00. The van der Waals surface area contributed by atoms with E-state index >= 15 is 0 Å². The van der Waals surface area contributed by atoms with Gasteiger partial charge in [-0.2, -0.15) is 0 Å². The first kappa shape index (κ1) is 15.6. The van der Waals surface area contributed by atoms with E-state index in [1.807, 2.05) is 0 Å². The van der Waals surface area contributed by atoms with Crippen LogP contribution >= 0.6 is 23.4 Å². The van der Waals surface area contributed by atoms with E-state index in [2.05, 4.69) is 4.98 Å². The molecule has 0 aromatic carbocycles. The Morgan fingerprint density at radius 3 is 2.60 bits per heavy atom. The van der Waals surface area contributed by atoms with Gasteiger partial charge in [-0.25, -0.2) is 4.79 Å². The Kier molecular flexibility index (Phi) is 4.60. The lowest BCUT2D eigenvalue weighted by molar-refractivity contribution is 0.0101. The number of hydrogen-bond donors (Lipinski definition) is 4. The lowest BCUT2D eigenvalue weighted by Gasteiger charge is -2.18. The number of nitrogens with zero attached hydrogens (tertiary/aromatic N) is 1. The molecule has 0 radical (unpaired) electrons. The Bertz CT molecular complexity index is 601. The van der Waals surface area contributed by atoms with Crippen LogP contribution in [0.4, 0.5) is 0 Å². The third kappa shape index (κ3) is 2.66. The number of alkyl halides is 1. The predicted octanol–water partition coefficient (Wildman–Crippen LogP) is -0.836. The van der Waals surface area contributed by atoms with Crippen molar-refractivity contribution < 1.29 is 15.3 Å². The molecule has 1 aliphatic rings. The van der Waals surface area contributed by atoms with Crippen LogP contribution in [0.2, 0.25) is 0 Å². The van der Waals surface area contributed by atoms with Crippen molar-refractivity contribution in [3.8, 4) is 0 Å². The lowest BCUT2D eigenvalue weighted by Crippen LogP contribution is -2.38. The average molecular weight is 323 g/mol.